The zero-order valence-corrected chi connectivity index (χ0v) is 17.4. The van der Waals surface area contributed by atoms with Crippen LogP contribution in [-0.4, -0.2) is 36.3 Å². The SMILES string of the molecule is C=CCN1C(=O)C(Nc2ccc(N3CCCCC3)cc2)=C(c2ccc(C)cc2)C1=O. The van der Waals surface area contributed by atoms with Crippen LogP contribution < -0.4 is 10.2 Å². The summed E-state index contributed by atoms with van der Waals surface area (Å²) >= 11 is 0. The van der Waals surface area contributed by atoms with E-state index < -0.39 is 0 Å². The Morgan fingerprint density at radius 2 is 1.60 bits per heavy atom. The molecule has 2 aromatic carbocycles. The molecule has 0 atom stereocenters. The van der Waals surface area contributed by atoms with E-state index in [1.807, 2.05) is 43.3 Å². The fourth-order valence-electron chi connectivity index (χ4n) is 4.03. The van der Waals surface area contributed by atoms with Crippen molar-refractivity contribution in [2.24, 2.45) is 0 Å². The van der Waals surface area contributed by atoms with Gasteiger partial charge >= 0.3 is 0 Å². The van der Waals surface area contributed by atoms with Crippen molar-refractivity contribution in [1.82, 2.24) is 4.90 Å². The van der Waals surface area contributed by atoms with Crippen LogP contribution >= 0.6 is 0 Å². The van der Waals surface area contributed by atoms with Gasteiger partial charge in [-0.1, -0.05) is 35.9 Å². The molecule has 0 aliphatic carbocycles. The lowest BCUT2D eigenvalue weighted by atomic mass is 10.0. The van der Waals surface area contributed by atoms with Crippen molar-refractivity contribution in [2.75, 3.05) is 29.9 Å². The van der Waals surface area contributed by atoms with Gasteiger partial charge in [-0.2, -0.15) is 0 Å². The second kappa shape index (κ2) is 8.57. The first-order chi connectivity index (χ1) is 14.6. The van der Waals surface area contributed by atoms with Gasteiger partial charge in [-0.3, -0.25) is 14.5 Å². The molecule has 0 unspecified atom stereocenters. The number of rotatable bonds is 6. The summed E-state index contributed by atoms with van der Waals surface area (Å²) in [6.07, 6.45) is 5.31. The number of piperidine rings is 1. The number of imide groups is 1. The molecule has 0 aromatic heterocycles. The molecule has 4 rings (SSSR count). The molecular weight excluding hydrogens is 374 g/mol. The van der Waals surface area contributed by atoms with Gasteiger partial charge in [-0.05, 0) is 56.0 Å². The Hall–Kier alpha value is -3.34. The Balaban J connectivity index is 1.64. The van der Waals surface area contributed by atoms with Crippen molar-refractivity contribution in [1.29, 1.82) is 0 Å². The number of aryl methyl sites for hydroxylation is 1. The van der Waals surface area contributed by atoms with Crippen LogP contribution in [0.5, 0.6) is 0 Å². The second-order valence-electron chi connectivity index (χ2n) is 7.85. The van der Waals surface area contributed by atoms with E-state index in [1.165, 1.54) is 29.8 Å². The van der Waals surface area contributed by atoms with Gasteiger partial charge in [0, 0.05) is 31.0 Å². The Bertz CT molecular complexity index is 984. The Labute approximate surface area is 177 Å². The third kappa shape index (κ3) is 3.88. The van der Waals surface area contributed by atoms with Crippen molar-refractivity contribution < 1.29 is 9.59 Å². The molecule has 2 heterocycles. The number of hydrogen-bond acceptors (Lipinski definition) is 4. The molecule has 154 valence electrons. The molecule has 1 N–H and O–H groups in total. The van der Waals surface area contributed by atoms with Crippen LogP contribution in [0, 0.1) is 6.92 Å². The second-order valence-corrected chi connectivity index (χ2v) is 7.85. The van der Waals surface area contributed by atoms with Crippen LogP contribution in [0.25, 0.3) is 5.57 Å². The molecule has 2 aliphatic heterocycles. The molecule has 0 radical (unpaired) electrons. The molecule has 0 saturated carbocycles. The smallest absolute Gasteiger partial charge is 0.278 e. The summed E-state index contributed by atoms with van der Waals surface area (Å²) in [5.74, 6) is -0.619. The maximum atomic E-state index is 13.0. The number of nitrogens with one attached hydrogen (secondary N) is 1. The van der Waals surface area contributed by atoms with Gasteiger partial charge in [0.25, 0.3) is 11.8 Å². The van der Waals surface area contributed by atoms with Crippen LogP contribution in [0.4, 0.5) is 11.4 Å². The van der Waals surface area contributed by atoms with Crippen molar-refractivity contribution in [3.8, 4) is 0 Å². The molecule has 2 amide bonds. The van der Waals surface area contributed by atoms with Crippen molar-refractivity contribution in [2.45, 2.75) is 26.2 Å². The topological polar surface area (TPSA) is 52.7 Å². The van der Waals surface area contributed by atoms with E-state index in [4.69, 9.17) is 0 Å². The minimum absolute atomic E-state index is 0.187. The molecule has 2 aliphatic rings. The van der Waals surface area contributed by atoms with Crippen LogP contribution in [0.2, 0.25) is 0 Å². The predicted molar refractivity (Wildman–Crippen MR) is 121 cm³/mol. The fraction of sp³-hybridized carbons (Fsp3) is 0.280. The highest BCUT2D eigenvalue weighted by Gasteiger charge is 2.38. The first-order valence-electron chi connectivity index (χ1n) is 10.5. The summed E-state index contributed by atoms with van der Waals surface area (Å²) in [5.41, 5.74) is 4.53. The third-order valence-electron chi connectivity index (χ3n) is 5.68. The van der Waals surface area contributed by atoms with E-state index >= 15 is 0 Å². The van der Waals surface area contributed by atoms with Crippen LogP contribution in [0.15, 0.2) is 66.9 Å². The average molecular weight is 402 g/mol. The molecule has 5 heteroatoms. The highest BCUT2D eigenvalue weighted by molar-refractivity contribution is 6.36. The normalized spacial score (nSPS) is 17.0. The summed E-state index contributed by atoms with van der Waals surface area (Å²) in [6.45, 7) is 8.02. The molecular formula is C25H27N3O2. The van der Waals surface area contributed by atoms with Gasteiger partial charge in [0.15, 0.2) is 0 Å². The number of carbonyl (C=O) groups excluding carboxylic acids is 2. The minimum Gasteiger partial charge on any atom is -0.372 e. The number of anilines is 2. The van der Waals surface area contributed by atoms with E-state index in [0.29, 0.717) is 11.3 Å². The van der Waals surface area contributed by atoms with Gasteiger partial charge in [0.2, 0.25) is 0 Å². The highest BCUT2D eigenvalue weighted by atomic mass is 16.2. The number of amides is 2. The summed E-state index contributed by atoms with van der Waals surface area (Å²) in [6, 6.07) is 15.7. The van der Waals surface area contributed by atoms with Gasteiger partial charge in [-0.25, -0.2) is 0 Å². The first kappa shape index (κ1) is 20.0. The molecule has 1 saturated heterocycles. The first-order valence-corrected chi connectivity index (χ1v) is 10.5. The van der Waals surface area contributed by atoms with E-state index in [0.717, 1.165) is 29.9 Å². The zero-order valence-electron chi connectivity index (χ0n) is 17.4. The lowest BCUT2D eigenvalue weighted by molar-refractivity contribution is -0.136. The van der Waals surface area contributed by atoms with Crippen LogP contribution in [0.3, 0.4) is 0 Å². The number of nitrogens with zero attached hydrogens (tertiary/aromatic N) is 2. The van der Waals surface area contributed by atoms with E-state index in [-0.39, 0.29) is 18.4 Å². The summed E-state index contributed by atoms with van der Waals surface area (Å²) in [4.78, 5) is 29.6. The van der Waals surface area contributed by atoms with Gasteiger partial charge in [0.05, 0.1) is 5.57 Å². The van der Waals surface area contributed by atoms with Crippen molar-refractivity contribution in [3.63, 3.8) is 0 Å². The maximum Gasteiger partial charge on any atom is 0.278 e. The van der Waals surface area contributed by atoms with E-state index in [2.05, 4.69) is 28.9 Å². The van der Waals surface area contributed by atoms with E-state index in [9.17, 15) is 9.59 Å². The number of carbonyl (C=O) groups is 2. The number of hydrogen-bond donors (Lipinski definition) is 1. The average Bonchev–Trinajstić information content (AvgIpc) is 3.00. The monoisotopic (exact) mass is 401 g/mol. The number of benzene rings is 2. The van der Waals surface area contributed by atoms with Crippen LogP contribution in [-0.2, 0) is 9.59 Å². The molecule has 0 bridgehead atoms. The van der Waals surface area contributed by atoms with Gasteiger partial charge < -0.3 is 10.2 Å². The van der Waals surface area contributed by atoms with Crippen molar-refractivity contribution >= 4 is 28.8 Å². The van der Waals surface area contributed by atoms with Gasteiger partial charge in [-0.15, -0.1) is 6.58 Å². The van der Waals surface area contributed by atoms with E-state index in [1.54, 1.807) is 6.08 Å². The maximum absolute atomic E-state index is 13.0. The standard InChI is InChI=1S/C25H27N3O2/c1-3-15-28-24(29)22(19-9-7-18(2)8-10-19)23(25(28)30)26-20-11-13-21(14-12-20)27-16-5-4-6-17-27/h3,7-14,26H,1,4-6,15-17H2,2H3. The molecule has 5 nitrogen and oxygen atoms in total. The highest BCUT2D eigenvalue weighted by Crippen LogP contribution is 2.31. The molecule has 30 heavy (non-hydrogen) atoms. The Morgan fingerprint density at radius 1 is 0.933 bits per heavy atom. The summed E-state index contributed by atoms with van der Waals surface area (Å²) in [5, 5.41) is 3.22. The molecule has 2 aromatic rings. The predicted octanol–water partition coefficient (Wildman–Crippen LogP) is 4.36. The molecule has 1 fully saturated rings. The lowest BCUT2D eigenvalue weighted by Crippen LogP contribution is -2.32. The summed E-state index contributed by atoms with van der Waals surface area (Å²) in [7, 11) is 0. The molecule has 0 spiro atoms. The van der Waals surface area contributed by atoms with Gasteiger partial charge in [0.1, 0.15) is 5.70 Å². The Morgan fingerprint density at radius 3 is 2.23 bits per heavy atom. The Kier molecular flexibility index (Phi) is 5.70. The summed E-state index contributed by atoms with van der Waals surface area (Å²) < 4.78 is 0. The quantitative estimate of drug-likeness (QED) is 0.577. The van der Waals surface area contributed by atoms with Crippen LogP contribution in [0.1, 0.15) is 30.4 Å². The fourth-order valence-corrected chi connectivity index (χ4v) is 4.03. The third-order valence-corrected chi connectivity index (χ3v) is 5.68. The zero-order chi connectivity index (χ0) is 21.1. The minimum atomic E-state index is -0.324. The lowest BCUT2D eigenvalue weighted by Gasteiger charge is -2.28. The van der Waals surface area contributed by atoms with Crippen molar-refractivity contribution in [3.05, 3.63) is 78.0 Å². The largest absolute Gasteiger partial charge is 0.372 e.